The highest BCUT2D eigenvalue weighted by Crippen LogP contribution is 2.39. The summed E-state index contributed by atoms with van der Waals surface area (Å²) in [5.74, 6) is -0.507. The molecule has 5 nitrogen and oxygen atoms in total. The maximum Gasteiger partial charge on any atom is 0.293 e. The van der Waals surface area contributed by atoms with Crippen molar-refractivity contribution in [2.75, 3.05) is 13.2 Å². The van der Waals surface area contributed by atoms with Crippen LogP contribution in [0.25, 0.3) is 0 Å². The number of hydrogen-bond donors (Lipinski definition) is 1. The highest BCUT2D eigenvalue weighted by atomic mass is 16.6. The number of carbonyl (C=O) groups is 1. The first kappa shape index (κ1) is 15.9. The van der Waals surface area contributed by atoms with Crippen LogP contribution in [0, 0.1) is 11.3 Å². The summed E-state index contributed by atoms with van der Waals surface area (Å²) >= 11 is 0. The third kappa shape index (κ3) is 2.77. The maximum absolute atomic E-state index is 12.6. The summed E-state index contributed by atoms with van der Waals surface area (Å²) in [7, 11) is 0. The van der Waals surface area contributed by atoms with Gasteiger partial charge in [-0.2, -0.15) is 5.26 Å². The number of benzene rings is 1. The SMILES string of the molecule is CCCCN1C(=O)c2ccccc2C1/C(C#N)=C(/O)OCC. The Labute approximate surface area is 130 Å². The van der Waals surface area contributed by atoms with Crippen molar-refractivity contribution in [2.45, 2.75) is 32.7 Å². The predicted octanol–water partition coefficient (Wildman–Crippen LogP) is 3.31. The molecule has 0 saturated carbocycles. The number of unbranched alkanes of at least 4 members (excludes halogenated alkanes) is 1. The van der Waals surface area contributed by atoms with E-state index in [1.54, 1.807) is 24.0 Å². The average molecular weight is 300 g/mol. The smallest absolute Gasteiger partial charge is 0.293 e. The molecule has 1 amide bonds. The van der Waals surface area contributed by atoms with E-state index in [1.165, 1.54) is 0 Å². The van der Waals surface area contributed by atoms with Gasteiger partial charge in [-0.1, -0.05) is 31.5 Å². The van der Waals surface area contributed by atoms with Crippen LogP contribution in [-0.4, -0.2) is 29.1 Å². The van der Waals surface area contributed by atoms with E-state index >= 15 is 0 Å². The molecule has 1 aliphatic heterocycles. The van der Waals surface area contributed by atoms with Crippen molar-refractivity contribution >= 4 is 5.91 Å². The van der Waals surface area contributed by atoms with Crippen LogP contribution in [0.3, 0.4) is 0 Å². The molecule has 1 aromatic rings. The van der Waals surface area contributed by atoms with E-state index in [4.69, 9.17) is 4.74 Å². The molecule has 0 saturated heterocycles. The largest absolute Gasteiger partial charge is 0.480 e. The Kier molecular flexibility index (Phi) is 5.05. The molecule has 1 unspecified atom stereocenters. The van der Waals surface area contributed by atoms with Gasteiger partial charge >= 0.3 is 0 Å². The molecule has 0 radical (unpaired) electrons. The molecule has 1 heterocycles. The van der Waals surface area contributed by atoms with Gasteiger partial charge in [0, 0.05) is 12.1 Å². The fourth-order valence-electron chi connectivity index (χ4n) is 2.68. The molecule has 22 heavy (non-hydrogen) atoms. The number of ether oxygens (including phenoxy) is 1. The molecule has 0 bridgehead atoms. The van der Waals surface area contributed by atoms with E-state index in [-0.39, 0.29) is 18.1 Å². The molecule has 5 heteroatoms. The van der Waals surface area contributed by atoms with E-state index in [1.807, 2.05) is 25.1 Å². The van der Waals surface area contributed by atoms with Crippen LogP contribution in [0.5, 0.6) is 0 Å². The summed E-state index contributed by atoms with van der Waals surface area (Å²) in [5.41, 5.74) is 1.41. The number of carbonyl (C=O) groups excluding carboxylic acids is 1. The van der Waals surface area contributed by atoms with Gasteiger partial charge in [0.1, 0.15) is 17.7 Å². The van der Waals surface area contributed by atoms with E-state index in [9.17, 15) is 15.2 Å². The average Bonchev–Trinajstić information content (AvgIpc) is 2.80. The van der Waals surface area contributed by atoms with Gasteiger partial charge in [-0.25, -0.2) is 0 Å². The molecular formula is C17H20N2O3. The van der Waals surface area contributed by atoms with Crippen LogP contribution in [-0.2, 0) is 4.74 Å². The zero-order valence-electron chi connectivity index (χ0n) is 12.9. The van der Waals surface area contributed by atoms with Crippen LogP contribution < -0.4 is 0 Å². The Morgan fingerprint density at radius 1 is 1.41 bits per heavy atom. The Hall–Kier alpha value is -2.48. The van der Waals surface area contributed by atoms with Crippen molar-refractivity contribution < 1.29 is 14.6 Å². The summed E-state index contributed by atoms with van der Waals surface area (Å²) in [5, 5.41) is 19.5. The monoisotopic (exact) mass is 300 g/mol. The first-order chi connectivity index (χ1) is 10.7. The maximum atomic E-state index is 12.6. The summed E-state index contributed by atoms with van der Waals surface area (Å²) in [6.45, 7) is 4.57. The van der Waals surface area contributed by atoms with Crippen LogP contribution in [0.1, 0.15) is 48.7 Å². The Morgan fingerprint density at radius 2 is 2.14 bits per heavy atom. The Morgan fingerprint density at radius 3 is 2.77 bits per heavy atom. The molecule has 116 valence electrons. The van der Waals surface area contributed by atoms with Crippen molar-refractivity contribution in [3.63, 3.8) is 0 Å². The quantitative estimate of drug-likeness (QED) is 0.646. The van der Waals surface area contributed by atoms with Crippen molar-refractivity contribution in [1.82, 2.24) is 4.90 Å². The molecule has 0 aliphatic carbocycles. The number of amides is 1. The van der Waals surface area contributed by atoms with E-state index < -0.39 is 12.0 Å². The van der Waals surface area contributed by atoms with Crippen LogP contribution in [0.2, 0.25) is 0 Å². The lowest BCUT2D eigenvalue weighted by Gasteiger charge is -2.25. The Balaban J connectivity index is 2.50. The summed E-state index contributed by atoms with van der Waals surface area (Å²) in [4.78, 5) is 14.2. The molecule has 1 aromatic carbocycles. The van der Waals surface area contributed by atoms with Gasteiger partial charge in [-0.15, -0.1) is 0 Å². The third-order valence-corrected chi connectivity index (χ3v) is 3.72. The molecule has 0 spiro atoms. The van der Waals surface area contributed by atoms with Crippen LogP contribution in [0.4, 0.5) is 0 Å². The minimum Gasteiger partial charge on any atom is -0.480 e. The van der Waals surface area contributed by atoms with Gasteiger partial charge in [-0.3, -0.25) is 4.79 Å². The lowest BCUT2D eigenvalue weighted by atomic mass is 9.99. The fourth-order valence-corrected chi connectivity index (χ4v) is 2.68. The predicted molar refractivity (Wildman–Crippen MR) is 82.0 cm³/mol. The Bertz CT molecular complexity index is 631. The van der Waals surface area contributed by atoms with E-state index in [2.05, 4.69) is 0 Å². The molecular weight excluding hydrogens is 280 g/mol. The van der Waals surface area contributed by atoms with Crippen LogP contribution >= 0.6 is 0 Å². The molecule has 1 N–H and O–H groups in total. The molecule has 0 aromatic heterocycles. The summed E-state index contributed by atoms with van der Waals surface area (Å²) in [6.07, 6.45) is 1.78. The second-order valence-electron chi connectivity index (χ2n) is 5.11. The van der Waals surface area contributed by atoms with Gasteiger partial charge < -0.3 is 14.7 Å². The van der Waals surface area contributed by atoms with Crippen molar-refractivity contribution in [1.29, 1.82) is 5.26 Å². The highest BCUT2D eigenvalue weighted by molar-refractivity contribution is 5.99. The highest BCUT2D eigenvalue weighted by Gasteiger charge is 2.40. The lowest BCUT2D eigenvalue weighted by Crippen LogP contribution is -2.30. The third-order valence-electron chi connectivity index (χ3n) is 3.72. The normalized spacial score (nSPS) is 17.8. The standard InChI is InChI=1S/C17H20N2O3/c1-3-5-10-19-15(14(11-18)17(21)22-4-2)12-8-6-7-9-13(12)16(19)20/h6-9,15,21H,3-5,10H2,1-2H3/b17-14-. The van der Waals surface area contributed by atoms with Crippen molar-refractivity contribution in [2.24, 2.45) is 0 Å². The van der Waals surface area contributed by atoms with Gasteiger partial charge in [0.15, 0.2) is 0 Å². The zero-order chi connectivity index (χ0) is 16.1. The second-order valence-corrected chi connectivity index (χ2v) is 5.11. The minimum absolute atomic E-state index is 0.0799. The first-order valence-corrected chi connectivity index (χ1v) is 7.51. The van der Waals surface area contributed by atoms with E-state index in [0.717, 1.165) is 18.4 Å². The van der Waals surface area contributed by atoms with Gasteiger partial charge in [0.2, 0.25) is 0 Å². The lowest BCUT2D eigenvalue weighted by molar-refractivity contribution is 0.0712. The van der Waals surface area contributed by atoms with Gasteiger partial charge in [0.25, 0.3) is 11.9 Å². The number of fused-ring (bicyclic) bond motifs is 1. The first-order valence-electron chi connectivity index (χ1n) is 7.51. The van der Waals surface area contributed by atoms with Crippen LogP contribution in [0.15, 0.2) is 35.8 Å². The van der Waals surface area contributed by atoms with Crippen molar-refractivity contribution in [3.8, 4) is 6.07 Å². The van der Waals surface area contributed by atoms with Gasteiger partial charge in [-0.05, 0) is 25.0 Å². The molecule has 1 aliphatic rings. The summed E-state index contributed by atoms with van der Waals surface area (Å²) in [6, 6.07) is 8.63. The molecule has 2 rings (SSSR count). The number of hydrogen-bond acceptors (Lipinski definition) is 4. The van der Waals surface area contributed by atoms with Gasteiger partial charge in [0.05, 0.1) is 6.61 Å². The molecule has 0 fully saturated rings. The molecule has 1 atom stereocenters. The number of aliphatic hydroxyl groups is 1. The number of nitriles is 1. The fraction of sp³-hybridized carbons (Fsp3) is 0.412. The van der Waals surface area contributed by atoms with E-state index in [0.29, 0.717) is 12.1 Å². The topological polar surface area (TPSA) is 73.6 Å². The number of nitrogens with zero attached hydrogens (tertiary/aromatic N) is 2. The van der Waals surface area contributed by atoms with Crippen molar-refractivity contribution in [3.05, 3.63) is 46.9 Å². The summed E-state index contributed by atoms with van der Waals surface area (Å²) < 4.78 is 5.09. The zero-order valence-corrected chi connectivity index (χ0v) is 12.9. The minimum atomic E-state index is -0.577. The second kappa shape index (κ2) is 6.99. The number of rotatable bonds is 6. The number of aliphatic hydroxyl groups excluding tert-OH is 1.